The van der Waals surface area contributed by atoms with Crippen molar-refractivity contribution in [3.05, 3.63) is 48.6 Å². The van der Waals surface area contributed by atoms with E-state index in [2.05, 4.69) is 27.4 Å². The van der Waals surface area contributed by atoms with Gasteiger partial charge in [0.25, 0.3) is 0 Å². The number of ether oxygens (including phenoxy) is 2. The number of benzene rings is 1. The van der Waals surface area contributed by atoms with Crippen LogP contribution in [0.5, 0.6) is 0 Å². The average Bonchev–Trinajstić information content (AvgIpc) is 3.52. The standard InChI is InChI=1S/C32H46N2O6/c1-8-17-33(31(6,7)20-30(3,4)5)28(37)26-32-16-15-23(40-32)24(29(38)39-9-2)25(32)27(36)34(26)22(19-35)18-21-13-11-10-12-14-21/h8,10-14,22-26,35H,1,9,15-20H2,2-7H3/t22-,23-,24+,25+,26-,32+/m1/s1. The molecule has 1 spiro atoms. The summed E-state index contributed by atoms with van der Waals surface area (Å²) in [4.78, 5) is 45.7. The lowest BCUT2D eigenvalue weighted by Crippen LogP contribution is -2.62. The molecule has 6 atom stereocenters. The highest BCUT2D eigenvalue weighted by Crippen LogP contribution is 2.59. The van der Waals surface area contributed by atoms with Gasteiger partial charge in [0.1, 0.15) is 11.6 Å². The summed E-state index contributed by atoms with van der Waals surface area (Å²) in [6.45, 7) is 16.3. The second-order valence-corrected chi connectivity index (χ2v) is 13.4. The number of rotatable bonds is 11. The van der Waals surface area contributed by atoms with Gasteiger partial charge in [0.05, 0.1) is 37.2 Å². The summed E-state index contributed by atoms with van der Waals surface area (Å²) in [5.41, 5.74) is -0.832. The van der Waals surface area contributed by atoms with Gasteiger partial charge in [-0.05, 0) is 57.4 Å². The van der Waals surface area contributed by atoms with Crippen molar-refractivity contribution in [1.29, 1.82) is 0 Å². The fourth-order valence-electron chi connectivity index (χ4n) is 7.71. The van der Waals surface area contributed by atoms with E-state index in [1.54, 1.807) is 22.8 Å². The van der Waals surface area contributed by atoms with Gasteiger partial charge in [-0.3, -0.25) is 14.4 Å². The number of amides is 2. The molecule has 2 bridgehead atoms. The fourth-order valence-corrected chi connectivity index (χ4v) is 7.71. The number of carbonyl (C=O) groups excluding carboxylic acids is 3. The van der Waals surface area contributed by atoms with E-state index in [-0.39, 0.29) is 30.4 Å². The van der Waals surface area contributed by atoms with Crippen molar-refractivity contribution in [1.82, 2.24) is 9.80 Å². The van der Waals surface area contributed by atoms with Crippen LogP contribution in [0.2, 0.25) is 0 Å². The number of hydrogen-bond donors (Lipinski definition) is 1. The van der Waals surface area contributed by atoms with E-state index in [0.717, 1.165) is 12.0 Å². The van der Waals surface area contributed by atoms with E-state index in [4.69, 9.17) is 9.47 Å². The molecule has 3 heterocycles. The minimum Gasteiger partial charge on any atom is -0.466 e. The van der Waals surface area contributed by atoms with Crippen molar-refractivity contribution in [3.8, 4) is 0 Å². The van der Waals surface area contributed by atoms with Crippen LogP contribution in [0, 0.1) is 17.3 Å². The zero-order valence-corrected chi connectivity index (χ0v) is 24.9. The Morgan fingerprint density at radius 3 is 2.50 bits per heavy atom. The van der Waals surface area contributed by atoms with Crippen molar-refractivity contribution in [2.45, 2.75) is 96.6 Å². The number of likely N-dealkylation sites (tertiary alicyclic amines) is 1. The molecule has 3 saturated heterocycles. The minimum atomic E-state index is -1.16. The Hall–Kier alpha value is -2.71. The summed E-state index contributed by atoms with van der Waals surface area (Å²) in [7, 11) is 0. The number of fused-ring (bicyclic) bond motifs is 1. The molecule has 3 aliphatic rings. The van der Waals surface area contributed by atoms with Crippen LogP contribution in [0.3, 0.4) is 0 Å². The molecule has 0 aliphatic carbocycles. The van der Waals surface area contributed by atoms with Gasteiger partial charge in [-0.25, -0.2) is 0 Å². The van der Waals surface area contributed by atoms with Gasteiger partial charge in [0, 0.05) is 12.1 Å². The number of aliphatic hydroxyl groups excluding tert-OH is 1. The molecule has 0 aromatic heterocycles. The summed E-state index contributed by atoms with van der Waals surface area (Å²) in [6, 6.07) is 7.98. The lowest BCUT2D eigenvalue weighted by atomic mass is 9.70. The first-order chi connectivity index (χ1) is 18.8. The summed E-state index contributed by atoms with van der Waals surface area (Å²) in [5, 5.41) is 10.6. The van der Waals surface area contributed by atoms with E-state index in [9.17, 15) is 19.5 Å². The molecular formula is C32H46N2O6. The molecule has 3 aliphatic heterocycles. The Bertz CT molecular complexity index is 1110. The summed E-state index contributed by atoms with van der Waals surface area (Å²) in [6.07, 6.45) is 3.39. The number of aliphatic hydroxyl groups is 1. The van der Waals surface area contributed by atoms with Crippen molar-refractivity contribution >= 4 is 17.8 Å². The zero-order valence-electron chi connectivity index (χ0n) is 24.9. The predicted molar refractivity (Wildman–Crippen MR) is 152 cm³/mol. The van der Waals surface area contributed by atoms with Crippen LogP contribution in [0.1, 0.15) is 66.4 Å². The SMILES string of the molecule is C=CCN(C(=O)[C@H]1N([C@@H](CO)Cc2ccccc2)C(=O)[C@@H]2[C@@H](C(=O)OCC)[C@H]3CC[C@]21O3)C(C)(C)CC(C)(C)C. The maximum Gasteiger partial charge on any atom is 0.312 e. The normalized spacial score (nSPS) is 28.4. The summed E-state index contributed by atoms with van der Waals surface area (Å²) < 4.78 is 12.0. The first-order valence-corrected chi connectivity index (χ1v) is 14.5. The molecule has 8 heteroatoms. The lowest BCUT2D eigenvalue weighted by molar-refractivity contribution is -0.157. The van der Waals surface area contributed by atoms with Gasteiger partial charge in [-0.1, -0.05) is 57.2 Å². The van der Waals surface area contributed by atoms with Crippen LogP contribution >= 0.6 is 0 Å². The molecule has 220 valence electrons. The van der Waals surface area contributed by atoms with Crippen molar-refractivity contribution in [3.63, 3.8) is 0 Å². The van der Waals surface area contributed by atoms with Crippen molar-refractivity contribution in [2.75, 3.05) is 19.8 Å². The van der Waals surface area contributed by atoms with E-state index in [1.807, 2.05) is 44.2 Å². The minimum absolute atomic E-state index is 0.0620. The molecule has 2 amide bonds. The van der Waals surface area contributed by atoms with Crippen molar-refractivity contribution < 1.29 is 29.0 Å². The molecule has 0 saturated carbocycles. The highest BCUT2D eigenvalue weighted by atomic mass is 16.6. The van der Waals surface area contributed by atoms with Gasteiger partial charge in [-0.15, -0.1) is 6.58 Å². The van der Waals surface area contributed by atoms with Crippen LogP contribution in [0.25, 0.3) is 0 Å². The summed E-state index contributed by atoms with van der Waals surface area (Å²) >= 11 is 0. The molecular weight excluding hydrogens is 508 g/mol. The Balaban J connectivity index is 1.82. The molecule has 0 radical (unpaired) electrons. The molecule has 1 N–H and O–H groups in total. The van der Waals surface area contributed by atoms with Crippen LogP contribution in [0.15, 0.2) is 43.0 Å². The number of nitrogens with zero attached hydrogens (tertiary/aromatic N) is 2. The van der Waals surface area contributed by atoms with Crippen LogP contribution < -0.4 is 0 Å². The van der Waals surface area contributed by atoms with Crippen LogP contribution in [-0.4, -0.2) is 81.8 Å². The molecule has 4 rings (SSSR count). The van der Waals surface area contributed by atoms with E-state index in [0.29, 0.717) is 25.8 Å². The highest BCUT2D eigenvalue weighted by molar-refractivity contribution is 5.98. The largest absolute Gasteiger partial charge is 0.466 e. The Morgan fingerprint density at radius 2 is 1.93 bits per heavy atom. The molecule has 1 aromatic carbocycles. The topological polar surface area (TPSA) is 96.4 Å². The van der Waals surface area contributed by atoms with Crippen molar-refractivity contribution in [2.24, 2.45) is 17.3 Å². The van der Waals surface area contributed by atoms with E-state index in [1.165, 1.54) is 0 Å². The number of carbonyl (C=O) groups is 3. The fraction of sp³-hybridized carbons (Fsp3) is 0.656. The Labute approximate surface area is 238 Å². The third-order valence-corrected chi connectivity index (χ3v) is 8.72. The number of esters is 1. The zero-order chi connectivity index (χ0) is 29.5. The van der Waals surface area contributed by atoms with Crippen LogP contribution in [0.4, 0.5) is 0 Å². The molecule has 3 fully saturated rings. The van der Waals surface area contributed by atoms with E-state index >= 15 is 0 Å². The molecule has 40 heavy (non-hydrogen) atoms. The van der Waals surface area contributed by atoms with Gasteiger partial charge in [-0.2, -0.15) is 0 Å². The average molecular weight is 555 g/mol. The maximum atomic E-state index is 14.8. The van der Waals surface area contributed by atoms with Gasteiger partial charge in [0.15, 0.2) is 0 Å². The molecule has 0 unspecified atom stereocenters. The van der Waals surface area contributed by atoms with E-state index < -0.39 is 47.1 Å². The van der Waals surface area contributed by atoms with Crippen LogP contribution in [-0.2, 0) is 30.3 Å². The highest BCUT2D eigenvalue weighted by Gasteiger charge is 2.75. The first kappa shape index (κ1) is 30.3. The Morgan fingerprint density at radius 1 is 1.25 bits per heavy atom. The lowest BCUT2D eigenvalue weighted by Gasteiger charge is -2.46. The van der Waals surface area contributed by atoms with Gasteiger partial charge in [0.2, 0.25) is 11.8 Å². The smallest absolute Gasteiger partial charge is 0.312 e. The molecule has 8 nitrogen and oxygen atoms in total. The van der Waals surface area contributed by atoms with Gasteiger partial charge < -0.3 is 24.4 Å². The second kappa shape index (κ2) is 11.3. The first-order valence-electron chi connectivity index (χ1n) is 14.5. The Kier molecular flexibility index (Phi) is 8.53. The summed E-state index contributed by atoms with van der Waals surface area (Å²) in [5.74, 6) is -2.61. The maximum absolute atomic E-state index is 14.8. The third-order valence-electron chi connectivity index (χ3n) is 8.72. The second-order valence-electron chi connectivity index (χ2n) is 13.4. The third kappa shape index (κ3) is 5.32. The number of hydrogen-bond acceptors (Lipinski definition) is 6. The monoisotopic (exact) mass is 554 g/mol. The molecule has 1 aromatic rings. The quantitative estimate of drug-likeness (QED) is 0.331. The predicted octanol–water partition coefficient (Wildman–Crippen LogP) is 3.76. The van der Waals surface area contributed by atoms with Gasteiger partial charge >= 0.3 is 5.97 Å².